The number of aromatic amines is 1. The van der Waals surface area contributed by atoms with Crippen LogP contribution in [0.5, 0.6) is 0 Å². The first kappa shape index (κ1) is 18.5. The van der Waals surface area contributed by atoms with Gasteiger partial charge in [-0.05, 0) is 36.0 Å². The molecule has 2 aromatic heterocycles. The molecule has 3 rings (SSSR count). The number of rotatable bonds is 7. The van der Waals surface area contributed by atoms with E-state index in [1.54, 1.807) is 24.3 Å². The fourth-order valence-corrected chi connectivity index (χ4v) is 2.94. The summed E-state index contributed by atoms with van der Waals surface area (Å²) in [6, 6.07) is 9.56. The maximum atomic E-state index is 11.5. The summed E-state index contributed by atoms with van der Waals surface area (Å²) in [5.74, 6) is -0.743. The molecule has 0 bridgehead atoms. The van der Waals surface area contributed by atoms with Crippen LogP contribution in [-0.2, 0) is 11.2 Å². The minimum Gasteiger partial charge on any atom is -0.478 e. The molecular weight excluding hydrogens is 370 g/mol. The van der Waals surface area contributed by atoms with Gasteiger partial charge in [0.15, 0.2) is 0 Å². The molecule has 9 heteroatoms. The molecule has 8 nitrogen and oxygen atoms in total. The summed E-state index contributed by atoms with van der Waals surface area (Å²) in [7, 11) is 0. The van der Waals surface area contributed by atoms with Crippen molar-refractivity contribution in [1.29, 1.82) is 0 Å². The highest BCUT2D eigenvalue weighted by Crippen LogP contribution is 2.29. The number of carbonyl (C=O) groups is 2. The van der Waals surface area contributed by atoms with Crippen molar-refractivity contribution in [3.63, 3.8) is 0 Å². The third kappa shape index (κ3) is 4.45. The number of aryl methyl sites for hydroxylation is 1. The predicted octanol–water partition coefficient (Wildman–Crippen LogP) is 3.54. The van der Waals surface area contributed by atoms with Crippen LogP contribution in [0.25, 0.3) is 17.4 Å². The first-order chi connectivity index (χ1) is 13.0. The molecule has 3 N–H and O–H groups in total. The molecule has 0 aliphatic rings. The van der Waals surface area contributed by atoms with Crippen LogP contribution < -0.4 is 0 Å². The SMILES string of the molecule is CCc1nc(S/C(=C\c2ccc(-c3cccc(C(=O)O)c3)o2)C(=O)O)n[nH]1. The average molecular weight is 385 g/mol. The van der Waals surface area contributed by atoms with Crippen molar-refractivity contribution in [1.82, 2.24) is 15.2 Å². The van der Waals surface area contributed by atoms with E-state index in [1.807, 2.05) is 6.92 Å². The third-order valence-electron chi connectivity index (χ3n) is 3.55. The van der Waals surface area contributed by atoms with Gasteiger partial charge in [-0.1, -0.05) is 19.1 Å². The molecule has 0 atom stereocenters. The van der Waals surface area contributed by atoms with Crippen molar-refractivity contribution >= 4 is 29.8 Å². The van der Waals surface area contributed by atoms with E-state index in [2.05, 4.69) is 15.2 Å². The molecule has 3 aromatic rings. The molecule has 0 spiro atoms. The van der Waals surface area contributed by atoms with Gasteiger partial charge in [0, 0.05) is 18.1 Å². The van der Waals surface area contributed by atoms with E-state index in [1.165, 1.54) is 18.2 Å². The summed E-state index contributed by atoms with van der Waals surface area (Å²) in [6.45, 7) is 1.91. The highest BCUT2D eigenvalue weighted by molar-refractivity contribution is 8.04. The number of hydrogen-bond donors (Lipinski definition) is 3. The maximum absolute atomic E-state index is 11.5. The van der Waals surface area contributed by atoms with E-state index in [4.69, 9.17) is 9.52 Å². The van der Waals surface area contributed by atoms with E-state index < -0.39 is 11.9 Å². The summed E-state index contributed by atoms with van der Waals surface area (Å²) in [5.41, 5.74) is 0.722. The number of benzene rings is 1. The summed E-state index contributed by atoms with van der Waals surface area (Å²) in [6.07, 6.45) is 2.04. The lowest BCUT2D eigenvalue weighted by Crippen LogP contribution is -1.97. The van der Waals surface area contributed by atoms with Crippen LogP contribution in [0.15, 0.2) is 50.9 Å². The second kappa shape index (κ2) is 7.92. The molecule has 138 valence electrons. The lowest BCUT2D eigenvalue weighted by molar-refractivity contribution is -0.131. The number of aromatic nitrogens is 3. The van der Waals surface area contributed by atoms with Crippen LogP contribution in [0.3, 0.4) is 0 Å². The van der Waals surface area contributed by atoms with Gasteiger partial charge in [-0.3, -0.25) is 5.10 Å². The lowest BCUT2D eigenvalue weighted by atomic mass is 10.1. The van der Waals surface area contributed by atoms with Crippen LogP contribution in [0.4, 0.5) is 0 Å². The molecule has 0 saturated carbocycles. The van der Waals surface area contributed by atoms with Crippen molar-refractivity contribution in [2.75, 3.05) is 0 Å². The van der Waals surface area contributed by atoms with Crippen molar-refractivity contribution in [3.05, 3.63) is 58.5 Å². The van der Waals surface area contributed by atoms with Crippen molar-refractivity contribution in [2.45, 2.75) is 18.5 Å². The Morgan fingerprint density at radius 1 is 1.26 bits per heavy atom. The van der Waals surface area contributed by atoms with E-state index in [9.17, 15) is 14.7 Å². The van der Waals surface area contributed by atoms with Gasteiger partial charge in [-0.2, -0.15) is 0 Å². The number of H-pyrrole nitrogens is 1. The van der Waals surface area contributed by atoms with Gasteiger partial charge in [-0.15, -0.1) is 5.10 Å². The minimum atomic E-state index is -1.13. The fourth-order valence-electron chi connectivity index (χ4n) is 2.24. The van der Waals surface area contributed by atoms with E-state index in [-0.39, 0.29) is 10.5 Å². The number of carboxylic acid groups (broad SMARTS) is 2. The number of nitrogens with zero attached hydrogens (tertiary/aromatic N) is 2. The zero-order valence-corrected chi connectivity index (χ0v) is 15.0. The van der Waals surface area contributed by atoms with Gasteiger partial charge in [0.05, 0.1) is 5.56 Å². The Labute approximate surface area is 157 Å². The summed E-state index contributed by atoms with van der Waals surface area (Å²) in [5, 5.41) is 25.5. The highest BCUT2D eigenvalue weighted by atomic mass is 32.2. The Morgan fingerprint density at radius 3 is 2.74 bits per heavy atom. The molecule has 0 saturated heterocycles. The Morgan fingerprint density at radius 2 is 2.07 bits per heavy atom. The topological polar surface area (TPSA) is 129 Å². The van der Waals surface area contributed by atoms with Crippen LogP contribution >= 0.6 is 11.8 Å². The number of furan rings is 1. The molecule has 1 aromatic carbocycles. The first-order valence-corrected chi connectivity index (χ1v) is 8.75. The molecule has 0 fully saturated rings. The third-order valence-corrected chi connectivity index (χ3v) is 4.43. The minimum absolute atomic E-state index is 0.00293. The van der Waals surface area contributed by atoms with Crippen molar-refractivity contribution < 1.29 is 24.2 Å². The largest absolute Gasteiger partial charge is 0.478 e. The standard InChI is InChI=1S/C18H15N3O5S/c1-2-15-19-18(21-20-15)27-14(17(24)25)9-12-6-7-13(26-12)10-4-3-5-11(8-10)16(22)23/h3-9H,2H2,1H3,(H,22,23)(H,24,25)(H,19,20,21)/b14-9-. The van der Waals surface area contributed by atoms with Gasteiger partial charge in [0.1, 0.15) is 22.3 Å². The summed E-state index contributed by atoms with van der Waals surface area (Å²) < 4.78 is 5.65. The summed E-state index contributed by atoms with van der Waals surface area (Å²) in [4.78, 5) is 26.8. The first-order valence-electron chi connectivity index (χ1n) is 7.94. The zero-order chi connectivity index (χ0) is 19.4. The van der Waals surface area contributed by atoms with Gasteiger partial charge >= 0.3 is 11.9 Å². The van der Waals surface area contributed by atoms with E-state index in [0.717, 1.165) is 11.8 Å². The number of thioether (sulfide) groups is 1. The smallest absolute Gasteiger partial charge is 0.342 e. The quantitative estimate of drug-likeness (QED) is 0.416. The van der Waals surface area contributed by atoms with Gasteiger partial charge in [0.2, 0.25) is 5.16 Å². The molecule has 0 radical (unpaired) electrons. The molecule has 0 aliphatic heterocycles. The van der Waals surface area contributed by atoms with Gasteiger partial charge < -0.3 is 14.6 Å². The zero-order valence-electron chi connectivity index (χ0n) is 14.2. The fraction of sp³-hybridized carbons (Fsp3) is 0.111. The average Bonchev–Trinajstić information content (AvgIpc) is 3.30. The van der Waals surface area contributed by atoms with Crippen LogP contribution in [0.2, 0.25) is 0 Å². The molecule has 2 heterocycles. The molecular formula is C18H15N3O5S. The molecule has 27 heavy (non-hydrogen) atoms. The Bertz CT molecular complexity index is 1020. The second-order valence-corrected chi connectivity index (χ2v) is 6.43. The Hall–Kier alpha value is -3.33. The van der Waals surface area contributed by atoms with Crippen molar-refractivity contribution in [2.24, 2.45) is 0 Å². The monoisotopic (exact) mass is 385 g/mol. The Kier molecular flexibility index (Phi) is 5.41. The lowest BCUT2D eigenvalue weighted by Gasteiger charge is -2.00. The van der Waals surface area contributed by atoms with E-state index in [0.29, 0.717) is 34.5 Å². The molecule has 0 amide bonds. The normalized spacial score (nSPS) is 11.5. The van der Waals surface area contributed by atoms with Crippen LogP contribution in [0.1, 0.15) is 28.9 Å². The number of aliphatic carboxylic acids is 1. The van der Waals surface area contributed by atoms with Crippen LogP contribution in [-0.4, -0.2) is 37.3 Å². The predicted molar refractivity (Wildman–Crippen MR) is 98.3 cm³/mol. The molecule has 0 aliphatic carbocycles. The number of aromatic carboxylic acids is 1. The number of hydrogen-bond acceptors (Lipinski definition) is 6. The highest BCUT2D eigenvalue weighted by Gasteiger charge is 2.15. The Balaban J connectivity index is 1.85. The van der Waals surface area contributed by atoms with Crippen molar-refractivity contribution in [3.8, 4) is 11.3 Å². The summed E-state index contributed by atoms with van der Waals surface area (Å²) >= 11 is 0.910. The van der Waals surface area contributed by atoms with E-state index >= 15 is 0 Å². The van der Waals surface area contributed by atoms with Gasteiger partial charge in [-0.25, -0.2) is 14.6 Å². The maximum Gasteiger partial charge on any atom is 0.342 e. The molecule has 0 unspecified atom stereocenters. The van der Waals surface area contributed by atoms with Crippen LogP contribution in [0, 0.1) is 0 Å². The number of nitrogens with one attached hydrogen (secondary N) is 1. The number of carboxylic acids is 2. The van der Waals surface area contributed by atoms with Gasteiger partial charge in [0.25, 0.3) is 0 Å². The second-order valence-electron chi connectivity index (χ2n) is 5.42.